The number of piperidine rings is 1. The maximum absolute atomic E-state index is 13.3. The van der Waals surface area contributed by atoms with E-state index >= 15 is 0 Å². The van der Waals surface area contributed by atoms with Gasteiger partial charge < -0.3 is 4.90 Å². The largest absolute Gasteiger partial charge is 0.339 e. The first-order chi connectivity index (χ1) is 15.2. The highest BCUT2D eigenvalue weighted by atomic mass is 16.2. The van der Waals surface area contributed by atoms with Crippen molar-refractivity contribution in [2.45, 2.75) is 26.2 Å². The summed E-state index contributed by atoms with van der Waals surface area (Å²) in [7, 11) is 0. The van der Waals surface area contributed by atoms with E-state index in [-0.39, 0.29) is 5.91 Å². The van der Waals surface area contributed by atoms with Crippen LogP contribution in [0.4, 0.5) is 0 Å². The third kappa shape index (κ3) is 3.96. The summed E-state index contributed by atoms with van der Waals surface area (Å²) in [5.41, 5.74) is 5.52. The van der Waals surface area contributed by atoms with Crippen LogP contribution in [0.3, 0.4) is 0 Å². The van der Waals surface area contributed by atoms with E-state index in [1.165, 1.54) is 5.56 Å². The highest BCUT2D eigenvalue weighted by molar-refractivity contribution is 5.95. The molecule has 0 spiro atoms. The van der Waals surface area contributed by atoms with E-state index in [9.17, 15) is 4.79 Å². The first-order valence-electron chi connectivity index (χ1n) is 10.9. The second kappa shape index (κ2) is 8.34. The SMILES string of the molecule is Cc1c(C(=O)N2CCC(Cc3ccccc3)CC2)cnc2cc(-c3ccccc3)nn12. The van der Waals surface area contributed by atoms with Crippen molar-refractivity contribution in [1.82, 2.24) is 19.5 Å². The van der Waals surface area contributed by atoms with Crippen LogP contribution in [0, 0.1) is 12.8 Å². The molecule has 156 valence electrons. The van der Waals surface area contributed by atoms with Gasteiger partial charge in [0.2, 0.25) is 0 Å². The summed E-state index contributed by atoms with van der Waals surface area (Å²) in [5, 5.41) is 4.71. The van der Waals surface area contributed by atoms with Gasteiger partial charge in [-0.05, 0) is 37.7 Å². The molecule has 0 aliphatic carbocycles. The molecular weight excluding hydrogens is 384 g/mol. The second-order valence-corrected chi connectivity index (χ2v) is 8.35. The molecule has 0 unspecified atom stereocenters. The normalized spacial score (nSPS) is 14.8. The highest BCUT2D eigenvalue weighted by Crippen LogP contribution is 2.24. The molecule has 2 aromatic carbocycles. The molecule has 0 bridgehead atoms. The minimum absolute atomic E-state index is 0.0572. The van der Waals surface area contributed by atoms with Gasteiger partial charge in [0.05, 0.1) is 17.0 Å². The average molecular weight is 411 g/mol. The first-order valence-corrected chi connectivity index (χ1v) is 10.9. The van der Waals surface area contributed by atoms with Gasteiger partial charge in [0.25, 0.3) is 5.91 Å². The third-order valence-electron chi connectivity index (χ3n) is 6.29. The number of rotatable bonds is 4. The zero-order valence-electron chi connectivity index (χ0n) is 17.7. The Bertz CT molecular complexity index is 1190. The Labute approximate surface area is 182 Å². The van der Waals surface area contributed by atoms with Gasteiger partial charge >= 0.3 is 0 Å². The van der Waals surface area contributed by atoms with Crippen LogP contribution in [0.15, 0.2) is 72.9 Å². The number of aromatic nitrogens is 3. The predicted molar refractivity (Wildman–Crippen MR) is 122 cm³/mol. The molecule has 1 saturated heterocycles. The van der Waals surface area contributed by atoms with Crippen molar-refractivity contribution in [3.05, 3.63) is 89.7 Å². The van der Waals surface area contributed by atoms with E-state index in [1.807, 2.05) is 48.2 Å². The minimum atomic E-state index is 0.0572. The maximum Gasteiger partial charge on any atom is 0.257 e. The van der Waals surface area contributed by atoms with Crippen LogP contribution < -0.4 is 0 Å². The molecule has 1 fully saturated rings. The van der Waals surface area contributed by atoms with Crippen LogP contribution in [0.2, 0.25) is 0 Å². The Morgan fingerprint density at radius 2 is 1.68 bits per heavy atom. The van der Waals surface area contributed by atoms with Gasteiger partial charge in [0.15, 0.2) is 5.65 Å². The molecule has 0 atom stereocenters. The van der Waals surface area contributed by atoms with Crippen LogP contribution >= 0.6 is 0 Å². The van der Waals surface area contributed by atoms with Gasteiger partial charge in [-0.3, -0.25) is 4.79 Å². The number of fused-ring (bicyclic) bond motifs is 1. The molecule has 1 aliphatic rings. The zero-order chi connectivity index (χ0) is 21.2. The monoisotopic (exact) mass is 410 g/mol. The molecular formula is C26H26N4O. The molecule has 2 aromatic heterocycles. The molecule has 0 radical (unpaired) electrons. The molecule has 1 aliphatic heterocycles. The van der Waals surface area contributed by atoms with Crippen LogP contribution in [-0.4, -0.2) is 38.5 Å². The van der Waals surface area contributed by atoms with Gasteiger partial charge in [0, 0.05) is 30.9 Å². The highest BCUT2D eigenvalue weighted by Gasteiger charge is 2.26. The van der Waals surface area contributed by atoms with E-state index in [0.29, 0.717) is 11.5 Å². The van der Waals surface area contributed by atoms with Crippen molar-refractivity contribution in [3.8, 4) is 11.3 Å². The Morgan fingerprint density at radius 1 is 1.00 bits per heavy atom. The fourth-order valence-corrected chi connectivity index (χ4v) is 4.47. The van der Waals surface area contributed by atoms with Gasteiger partial charge in [-0.2, -0.15) is 5.10 Å². The summed E-state index contributed by atoms with van der Waals surface area (Å²) in [5.74, 6) is 0.689. The lowest BCUT2D eigenvalue weighted by atomic mass is 9.90. The zero-order valence-corrected chi connectivity index (χ0v) is 17.7. The maximum atomic E-state index is 13.3. The Hall–Kier alpha value is -3.47. The molecule has 5 heteroatoms. The number of hydrogen-bond acceptors (Lipinski definition) is 3. The van der Waals surface area contributed by atoms with Gasteiger partial charge in [0.1, 0.15) is 0 Å². The number of hydrogen-bond donors (Lipinski definition) is 0. The van der Waals surface area contributed by atoms with Crippen LogP contribution in [0.25, 0.3) is 16.9 Å². The van der Waals surface area contributed by atoms with E-state index in [0.717, 1.165) is 55.0 Å². The molecule has 0 N–H and O–H groups in total. The lowest BCUT2D eigenvalue weighted by Crippen LogP contribution is -2.39. The van der Waals surface area contributed by atoms with Crippen molar-refractivity contribution in [2.24, 2.45) is 5.92 Å². The van der Waals surface area contributed by atoms with E-state index in [1.54, 1.807) is 10.7 Å². The number of likely N-dealkylation sites (tertiary alicyclic amines) is 1. The van der Waals surface area contributed by atoms with Crippen LogP contribution in [0.1, 0.15) is 34.5 Å². The first kappa shape index (κ1) is 19.5. The summed E-state index contributed by atoms with van der Waals surface area (Å²) in [6.07, 6.45) is 4.87. The molecule has 3 heterocycles. The Kier molecular flexibility index (Phi) is 5.24. The molecule has 4 aromatic rings. The van der Waals surface area contributed by atoms with E-state index < -0.39 is 0 Å². The summed E-state index contributed by atoms with van der Waals surface area (Å²) in [6, 6.07) is 22.6. The molecule has 5 nitrogen and oxygen atoms in total. The van der Waals surface area contributed by atoms with E-state index in [4.69, 9.17) is 5.10 Å². The van der Waals surface area contributed by atoms with E-state index in [2.05, 4.69) is 35.3 Å². The number of nitrogens with zero attached hydrogens (tertiary/aromatic N) is 4. The molecule has 5 rings (SSSR count). The number of carbonyl (C=O) groups is 1. The molecule has 1 amide bonds. The lowest BCUT2D eigenvalue weighted by molar-refractivity contribution is 0.0688. The number of amides is 1. The molecule has 0 saturated carbocycles. The van der Waals surface area contributed by atoms with Crippen molar-refractivity contribution in [2.75, 3.05) is 13.1 Å². The summed E-state index contributed by atoms with van der Waals surface area (Å²) in [4.78, 5) is 19.7. The van der Waals surface area contributed by atoms with Gasteiger partial charge in [-0.1, -0.05) is 60.7 Å². The van der Waals surface area contributed by atoms with Crippen molar-refractivity contribution >= 4 is 11.6 Å². The number of benzene rings is 2. The lowest BCUT2D eigenvalue weighted by Gasteiger charge is -2.32. The third-order valence-corrected chi connectivity index (χ3v) is 6.29. The Morgan fingerprint density at radius 3 is 2.39 bits per heavy atom. The average Bonchev–Trinajstić information content (AvgIpc) is 3.26. The number of carbonyl (C=O) groups excluding carboxylic acids is 1. The molecule has 31 heavy (non-hydrogen) atoms. The summed E-state index contributed by atoms with van der Waals surface area (Å²) in [6.45, 7) is 3.54. The van der Waals surface area contributed by atoms with Crippen LogP contribution in [-0.2, 0) is 6.42 Å². The predicted octanol–water partition coefficient (Wildman–Crippen LogP) is 4.80. The summed E-state index contributed by atoms with van der Waals surface area (Å²) < 4.78 is 1.79. The summed E-state index contributed by atoms with van der Waals surface area (Å²) >= 11 is 0. The smallest absolute Gasteiger partial charge is 0.257 e. The van der Waals surface area contributed by atoms with Crippen molar-refractivity contribution < 1.29 is 4.79 Å². The van der Waals surface area contributed by atoms with Gasteiger partial charge in [-0.15, -0.1) is 0 Å². The standard InChI is InChI=1S/C26H26N4O/c1-19-23(18-27-25-17-24(28-30(19)25)22-10-6-3-7-11-22)26(31)29-14-12-21(13-15-29)16-20-8-4-2-5-9-20/h2-11,17-18,21H,12-16H2,1H3. The Balaban J connectivity index is 1.31. The van der Waals surface area contributed by atoms with Crippen molar-refractivity contribution in [1.29, 1.82) is 0 Å². The quantitative estimate of drug-likeness (QED) is 0.486. The van der Waals surface area contributed by atoms with Crippen molar-refractivity contribution in [3.63, 3.8) is 0 Å². The second-order valence-electron chi connectivity index (χ2n) is 8.35. The minimum Gasteiger partial charge on any atom is -0.339 e. The fraction of sp³-hybridized carbons (Fsp3) is 0.269. The van der Waals surface area contributed by atoms with Crippen LogP contribution in [0.5, 0.6) is 0 Å². The number of aryl methyl sites for hydroxylation is 1. The fourth-order valence-electron chi connectivity index (χ4n) is 4.47. The topological polar surface area (TPSA) is 50.5 Å². The van der Waals surface area contributed by atoms with Gasteiger partial charge in [-0.25, -0.2) is 9.50 Å².